The SMILES string of the molecule is CCNCc1ccc(OCC2CCOCC2)c(OCC)c1. The highest BCUT2D eigenvalue weighted by Crippen LogP contribution is 2.29. The zero-order valence-electron chi connectivity index (χ0n) is 13.2. The highest BCUT2D eigenvalue weighted by Gasteiger charge is 2.15. The summed E-state index contributed by atoms with van der Waals surface area (Å²) >= 11 is 0. The molecule has 1 aliphatic heterocycles. The molecule has 118 valence electrons. The first-order valence-electron chi connectivity index (χ1n) is 8.00. The molecule has 0 atom stereocenters. The molecule has 0 radical (unpaired) electrons. The van der Waals surface area contributed by atoms with Crippen LogP contribution in [0.3, 0.4) is 0 Å². The van der Waals surface area contributed by atoms with Crippen LogP contribution in [0.15, 0.2) is 18.2 Å². The van der Waals surface area contributed by atoms with E-state index in [-0.39, 0.29) is 0 Å². The fourth-order valence-electron chi connectivity index (χ4n) is 2.44. The summed E-state index contributed by atoms with van der Waals surface area (Å²) in [7, 11) is 0. The van der Waals surface area contributed by atoms with Crippen molar-refractivity contribution in [1.29, 1.82) is 0 Å². The average Bonchev–Trinajstić information content (AvgIpc) is 2.53. The van der Waals surface area contributed by atoms with E-state index in [4.69, 9.17) is 14.2 Å². The van der Waals surface area contributed by atoms with E-state index in [1.165, 1.54) is 5.56 Å². The molecule has 1 aromatic carbocycles. The molecule has 21 heavy (non-hydrogen) atoms. The van der Waals surface area contributed by atoms with Gasteiger partial charge in [-0.2, -0.15) is 0 Å². The van der Waals surface area contributed by atoms with E-state index in [0.717, 1.165) is 57.3 Å². The van der Waals surface area contributed by atoms with Gasteiger partial charge in [-0.05, 0) is 49.9 Å². The van der Waals surface area contributed by atoms with Gasteiger partial charge in [-0.1, -0.05) is 13.0 Å². The van der Waals surface area contributed by atoms with Gasteiger partial charge in [0.1, 0.15) is 0 Å². The molecule has 1 aliphatic rings. The summed E-state index contributed by atoms with van der Waals surface area (Å²) in [5.74, 6) is 2.29. The van der Waals surface area contributed by atoms with E-state index >= 15 is 0 Å². The predicted molar refractivity (Wildman–Crippen MR) is 84.0 cm³/mol. The van der Waals surface area contributed by atoms with Crippen LogP contribution in [-0.4, -0.2) is 33.0 Å². The van der Waals surface area contributed by atoms with Crippen LogP contribution < -0.4 is 14.8 Å². The molecule has 1 aromatic rings. The Morgan fingerprint density at radius 2 is 1.95 bits per heavy atom. The monoisotopic (exact) mass is 293 g/mol. The second-order valence-corrected chi connectivity index (χ2v) is 5.36. The summed E-state index contributed by atoms with van der Waals surface area (Å²) in [5, 5.41) is 3.33. The number of hydrogen-bond acceptors (Lipinski definition) is 4. The summed E-state index contributed by atoms with van der Waals surface area (Å²) < 4.78 is 17.1. The Kier molecular flexibility index (Phi) is 6.83. The molecule has 1 N–H and O–H groups in total. The van der Waals surface area contributed by atoms with Gasteiger partial charge in [0.2, 0.25) is 0 Å². The van der Waals surface area contributed by atoms with Crippen LogP contribution >= 0.6 is 0 Å². The van der Waals surface area contributed by atoms with Crippen LogP contribution in [0.4, 0.5) is 0 Å². The van der Waals surface area contributed by atoms with E-state index in [0.29, 0.717) is 12.5 Å². The number of hydrogen-bond donors (Lipinski definition) is 1. The van der Waals surface area contributed by atoms with E-state index in [9.17, 15) is 0 Å². The molecule has 0 aliphatic carbocycles. The van der Waals surface area contributed by atoms with Crippen LogP contribution in [-0.2, 0) is 11.3 Å². The number of rotatable bonds is 8. The van der Waals surface area contributed by atoms with Gasteiger partial charge in [0, 0.05) is 19.8 Å². The molecular formula is C17H27NO3. The van der Waals surface area contributed by atoms with Crippen molar-refractivity contribution < 1.29 is 14.2 Å². The zero-order valence-corrected chi connectivity index (χ0v) is 13.2. The normalized spacial score (nSPS) is 15.9. The molecule has 0 aromatic heterocycles. The lowest BCUT2D eigenvalue weighted by atomic mass is 10.0. The Labute approximate surface area is 127 Å². The van der Waals surface area contributed by atoms with Crippen LogP contribution in [0.25, 0.3) is 0 Å². The van der Waals surface area contributed by atoms with Crippen molar-refractivity contribution in [3.63, 3.8) is 0 Å². The van der Waals surface area contributed by atoms with Gasteiger partial charge in [-0.3, -0.25) is 0 Å². The Balaban J connectivity index is 1.95. The minimum absolute atomic E-state index is 0.592. The third kappa shape index (κ3) is 5.21. The van der Waals surface area contributed by atoms with Gasteiger partial charge in [0.05, 0.1) is 13.2 Å². The zero-order chi connectivity index (χ0) is 14.9. The van der Waals surface area contributed by atoms with Gasteiger partial charge >= 0.3 is 0 Å². The van der Waals surface area contributed by atoms with Crippen molar-refractivity contribution in [2.45, 2.75) is 33.2 Å². The first kappa shape index (κ1) is 16.1. The fraction of sp³-hybridized carbons (Fsp3) is 0.647. The number of benzene rings is 1. The van der Waals surface area contributed by atoms with E-state index in [1.54, 1.807) is 0 Å². The highest BCUT2D eigenvalue weighted by atomic mass is 16.5. The van der Waals surface area contributed by atoms with Gasteiger partial charge in [0.15, 0.2) is 11.5 Å². The third-order valence-corrected chi connectivity index (χ3v) is 3.70. The lowest BCUT2D eigenvalue weighted by Crippen LogP contribution is -2.21. The molecule has 4 heteroatoms. The number of ether oxygens (including phenoxy) is 3. The molecule has 4 nitrogen and oxygen atoms in total. The van der Waals surface area contributed by atoms with Crippen LogP contribution in [0.1, 0.15) is 32.3 Å². The molecule has 2 rings (SSSR count). The smallest absolute Gasteiger partial charge is 0.161 e. The van der Waals surface area contributed by atoms with Crippen LogP contribution in [0.5, 0.6) is 11.5 Å². The standard InChI is InChI=1S/C17H27NO3/c1-3-18-12-15-5-6-16(17(11-15)20-4-2)21-13-14-7-9-19-10-8-14/h5-6,11,14,18H,3-4,7-10,12-13H2,1-2H3. The molecule has 1 saturated heterocycles. The third-order valence-electron chi connectivity index (χ3n) is 3.70. The Morgan fingerprint density at radius 1 is 1.14 bits per heavy atom. The fourth-order valence-corrected chi connectivity index (χ4v) is 2.44. The predicted octanol–water partition coefficient (Wildman–Crippen LogP) is 3.00. The molecule has 0 unspecified atom stereocenters. The summed E-state index contributed by atoms with van der Waals surface area (Å²) in [4.78, 5) is 0. The summed E-state index contributed by atoms with van der Waals surface area (Å²) in [5.41, 5.74) is 1.22. The molecule has 0 amide bonds. The maximum atomic E-state index is 5.99. The summed E-state index contributed by atoms with van der Waals surface area (Å²) in [6.07, 6.45) is 2.17. The molecule has 0 saturated carbocycles. The second-order valence-electron chi connectivity index (χ2n) is 5.36. The maximum Gasteiger partial charge on any atom is 0.161 e. The number of nitrogens with one attached hydrogen (secondary N) is 1. The summed E-state index contributed by atoms with van der Waals surface area (Å²) in [6.45, 7) is 9.03. The van der Waals surface area contributed by atoms with Crippen molar-refractivity contribution in [2.75, 3.05) is 33.0 Å². The minimum Gasteiger partial charge on any atom is -0.490 e. The largest absolute Gasteiger partial charge is 0.490 e. The van der Waals surface area contributed by atoms with Gasteiger partial charge in [0.25, 0.3) is 0 Å². The molecular weight excluding hydrogens is 266 g/mol. The van der Waals surface area contributed by atoms with Crippen LogP contribution in [0, 0.1) is 5.92 Å². The van der Waals surface area contributed by atoms with Gasteiger partial charge < -0.3 is 19.5 Å². The topological polar surface area (TPSA) is 39.7 Å². The molecule has 1 fully saturated rings. The van der Waals surface area contributed by atoms with E-state index in [1.807, 2.05) is 13.0 Å². The summed E-state index contributed by atoms with van der Waals surface area (Å²) in [6, 6.07) is 6.20. The van der Waals surface area contributed by atoms with E-state index in [2.05, 4.69) is 24.4 Å². The quantitative estimate of drug-likeness (QED) is 0.800. The molecule has 0 spiro atoms. The maximum absolute atomic E-state index is 5.99. The van der Waals surface area contributed by atoms with Gasteiger partial charge in [-0.25, -0.2) is 0 Å². The van der Waals surface area contributed by atoms with Crippen LogP contribution in [0.2, 0.25) is 0 Å². The van der Waals surface area contributed by atoms with Crippen molar-refractivity contribution in [3.8, 4) is 11.5 Å². The van der Waals surface area contributed by atoms with Gasteiger partial charge in [-0.15, -0.1) is 0 Å². The first-order chi connectivity index (χ1) is 10.3. The Bertz CT molecular complexity index is 416. The van der Waals surface area contributed by atoms with Crippen molar-refractivity contribution in [2.24, 2.45) is 5.92 Å². The lowest BCUT2D eigenvalue weighted by molar-refractivity contribution is 0.0492. The Morgan fingerprint density at radius 3 is 2.67 bits per heavy atom. The average molecular weight is 293 g/mol. The Hall–Kier alpha value is -1.26. The first-order valence-corrected chi connectivity index (χ1v) is 8.00. The minimum atomic E-state index is 0.592. The van der Waals surface area contributed by atoms with Crippen molar-refractivity contribution in [1.82, 2.24) is 5.32 Å². The molecule has 0 bridgehead atoms. The van der Waals surface area contributed by atoms with Crippen molar-refractivity contribution >= 4 is 0 Å². The highest BCUT2D eigenvalue weighted by molar-refractivity contribution is 5.43. The second kappa shape index (κ2) is 8.90. The molecule has 1 heterocycles. The lowest BCUT2D eigenvalue weighted by Gasteiger charge is -2.23. The van der Waals surface area contributed by atoms with E-state index < -0.39 is 0 Å². The van der Waals surface area contributed by atoms with Crippen molar-refractivity contribution in [3.05, 3.63) is 23.8 Å².